The number of aromatic amines is 1. The summed E-state index contributed by atoms with van der Waals surface area (Å²) in [5.41, 5.74) is 7.39. The number of esters is 1. The summed E-state index contributed by atoms with van der Waals surface area (Å²) in [5.74, 6) is -3.22. The first kappa shape index (κ1) is 18.0. The third-order valence-corrected chi connectivity index (χ3v) is 3.68. The van der Waals surface area contributed by atoms with E-state index in [-0.39, 0.29) is 6.42 Å². The molecule has 1 unspecified atom stereocenters. The molecule has 0 amide bonds. The fourth-order valence-corrected chi connectivity index (χ4v) is 2.64. The number of ether oxygens (including phenoxy) is 1. The molecule has 1 heterocycles. The second-order valence-electron chi connectivity index (χ2n) is 6.98. The van der Waals surface area contributed by atoms with Crippen molar-refractivity contribution in [2.45, 2.75) is 45.3 Å². The summed E-state index contributed by atoms with van der Waals surface area (Å²) in [7, 11) is 0. The van der Waals surface area contributed by atoms with Crippen LogP contribution in [0.1, 0.15) is 32.8 Å². The summed E-state index contributed by atoms with van der Waals surface area (Å²) < 4.78 is 5.19. The zero-order chi connectivity index (χ0) is 17.9. The van der Waals surface area contributed by atoms with E-state index in [1.807, 2.05) is 30.5 Å². The lowest BCUT2D eigenvalue weighted by Crippen LogP contribution is -2.37. The number of benzene rings is 1. The van der Waals surface area contributed by atoms with Gasteiger partial charge in [-0.2, -0.15) is 0 Å². The first-order chi connectivity index (χ1) is 11.2. The van der Waals surface area contributed by atoms with Gasteiger partial charge in [0.05, 0.1) is 0 Å². The number of rotatable bonds is 6. The van der Waals surface area contributed by atoms with E-state index in [0.29, 0.717) is 6.42 Å². The molecular weight excluding hydrogens is 308 g/mol. The Morgan fingerprint density at radius 1 is 1.29 bits per heavy atom. The van der Waals surface area contributed by atoms with Crippen molar-refractivity contribution in [3.8, 4) is 0 Å². The average Bonchev–Trinajstić information content (AvgIpc) is 2.86. The number of carboxylic acid groups (broad SMARTS) is 1. The maximum Gasteiger partial charge on any atom is 0.320 e. The number of hydrogen-bond acceptors (Lipinski definition) is 4. The molecule has 6 nitrogen and oxygen atoms in total. The van der Waals surface area contributed by atoms with Crippen molar-refractivity contribution in [1.29, 1.82) is 0 Å². The van der Waals surface area contributed by atoms with Crippen LogP contribution in [0, 0.1) is 5.92 Å². The second kappa shape index (κ2) is 7.05. The van der Waals surface area contributed by atoms with Crippen molar-refractivity contribution in [2.75, 3.05) is 0 Å². The number of carbonyl (C=O) groups is 2. The SMILES string of the molecule is CC(C)(C)OC(=O)[C@H](CC(N)Cc1c[nH]c2ccccc12)C(=O)O. The molecule has 0 saturated heterocycles. The Hall–Kier alpha value is -2.34. The molecule has 130 valence electrons. The molecule has 0 aliphatic carbocycles. The van der Waals surface area contributed by atoms with Crippen LogP contribution in [0.4, 0.5) is 0 Å². The zero-order valence-corrected chi connectivity index (χ0v) is 14.2. The molecule has 0 bridgehead atoms. The molecule has 0 spiro atoms. The highest BCUT2D eigenvalue weighted by molar-refractivity contribution is 5.94. The lowest BCUT2D eigenvalue weighted by molar-refractivity contribution is -0.167. The number of nitrogens with one attached hydrogen (secondary N) is 1. The lowest BCUT2D eigenvalue weighted by Gasteiger charge is -2.23. The summed E-state index contributed by atoms with van der Waals surface area (Å²) in [4.78, 5) is 26.7. The van der Waals surface area contributed by atoms with E-state index in [0.717, 1.165) is 16.5 Å². The molecule has 1 aromatic carbocycles. The third kappa shape index (κ3) is 4.58. The number of aliphatic carboxylic acids is 1. The van der Waals surface area contributed by atoms with Crippen molar-refractivity contribution >= 4 is 22.8 Å². The molecule has 4 N–H and O–H groups in total. The van der Waals surface area contributed by atoms with Gasteiger partial charge in [-0.3, -0.25) is 9.59 Å². The topological polar surface area (TPSA) is 105 Å². The number of fused-ring (bicyclic) bond motifs is 1. The summed E-state index contributed by atoms with van der Waals surface area (Å²) >= 11 is 0. The second-order valence-corrected chi connectivity index (χ2v) is 6.98. The van der Waals surface area contributed by atoms with Crippen LogP contribution in [0.25, 0.3) is 10.9 Å². The Bertz CT molecular complexity index is 730. The largest absolute Gasteiger partial charge is 0.481 e. The molecular formula is C18H24N2O4. The van der Waals surface area contributed by atoms with Gasteiger partial charge in [0.25, 0.3) is 0 Å². The fourth-order valence-electron chi connectivity index (χ4n) is 2.64. The third-order valence-electron chi connectivity index (χ3n) is 3.68. The molecule has 2 atom stereocenters. The fraction of sp³-hybridized carbons (Fsp3) is 0.444. The Morgan fingerprint density at radius 3 is 2.58 bits per heavy atom. The zero-order valence-electron chi connectivity index (χ0n) is 14.2. The Balaban J connectivity index is 2.06. The molecule has 0 radical (unpaired) electrons. The van der Waals surface area contributed by atoms with E-state index in [1.54, 1.807) is 20.8 Å². The van der Waals surface area contributed by atoms with Crippen LogP contribution in [0.5, 0.6) is 0 Å². The van der Waals surface area contributed by atoms with E-state index >= 15 is 0 Å². The number of nitrogens with two attached hydrogens (primary N) is 1. The summed E-state index contributed by atoms with van der Waals surface area (Å²) in [6.07, 6.45) is 2.38. The normalized spacial score (nSPS) is 14.3. The van der Waals surface area contributed by atoms with Crippen LogP contribution in [0.3, 0.4) is 0 Å². The van der Waals surface area contributed by atoms with Gasteiger partial charge < -0.3 is 20.6 Å². The lowest BCUT2D eigenvalue weighted by atomic mass is 9.95. The van der Waals surface area contributed by atoms with Gasteiger partial charge in [0, 0.05) is 23.1 Å². The van der Waals surface area contributed by atoms with E-state index in [1.165, 1.54) is 0 Å². The van der Waals surface area contributed by atoms with Crippen LogP contribution in [0.2, 0.25) is 0 Å². The Labute approximate surface area is 141 Å². The summed E-state index contributed by atoms with van der Waals surface area (Å²) in [6, 6.07) is 7.36. The maximum atomic E-state index is 12.1. The first-order valence-electron chi connectivity index (χ1n) is 7.93. The van der Waals surface area contributed by atoms with Crippen molar-refractivity contribution in [3.63, 3.8) is 0 Å². The van der Waals surface area contributed by atoms with Crippen LogP contribution >= 0.6 is 0 Å². The van der Waals surface area contributed by atoms with E-state index in [2.05, 4.69) is 4.98 Å². The monoisotopic (exact) mass is 332 g/mol. The predicted octanol–water partition coefficient (Wildman–Crippen LogP) is 2.47. The summed E-state index contributed by atoms with van der Waals surface area (Å²) in [6.45, 7) is 5.11. The number of aromatic nitrogens is 1. The average molecular weight is 332 g/mol. The first-order valence-corrected chi connectivity index (χ1v) is 7.93. The van der Waals surface area contributed by atoms with Crippen molar-refractivity contribution < 1.29 is 19.4 Å². The van der Waals surface area contributed by atoms with Crippen molar-refractivity contribution in [3.05, 3.63) is 36.0 Å². The van der Waals surface area contributed by atoms with Crippen LogP contribution in [0.15, 0.2) is 30.5 Å². The molecule has 2 rings (SSSR count). The van der Waals surface area contributed by atoms with Gasteiger partial charge in [-0.05, 0) is 45.2 Å². The number of para-hydroxylation sites is 1. The minimum absolute atomic E-state index is 0.0315. The van der Waals surface area contributed by atoms with Gasteiger partial charge in [-0.1, -0.05) is 18.2 Å². The quantitative estimate of drug-likeness (QED) is 0.556. The van der Waals surface area contributed by atoms with Gasteiger partial charge in [0.1, 0.15) is 5.60 Å². The minimum Gasteiger partial charge on any atom is -0.481 e. The molecule has 0 saturated carbocycles. The van der Waals surface area contributed by atoms with Gasteiger partial charge in [-0.25, -0.2) is 0 Å². The smallest absolute Gasteiger partial charge is 0.320 e. The number of H-pyrrole nitrogens is 1. The molecule has 2 aromatic rings. The highest BCUT2D eigenvalue weighted by Crippen LogP contribution is 2.21. The Morgan fingerprint density at radius 2 is 1.96 bits per heavy atom. The molecule has 0 fully saturated rings. The maximum absolute atomic E-state index is 12.1. The van der Waals surface area contributed by atoms with Gasteiger partial charge >= 0.3 is 11.9 Å². The standard InChI is InChI=1S/C18H24N2O4/c1-18(2,3)24-17(23)14(16(21)22)9-12(19)8-11-10-20-15-7-5-4-6-13(11)15/h4-7,10,12,14,20H,8-9,19H2,1-3H3,(H,21,22)/t12?,14-/m1/s1. The molecule has 24 heavy (non-hydrogen) atoms. The number of carbonyl (C=O) groups excluding carboxylic acids is 1. The van der Waals surface area contributed by atoms with Gasteiger partial charge in [0.2, 0.25) is 0 Å². The van der Waals surface area contributed by atoms with E-state index < -0.39 is 29.5 Å². The molecule has 0 aliphatic rings. The minimum atomic E-state index is -1.26. The van der Waals surface area contributed by atoms with Crippen LogP contribution < -0.4 is 5.73 Å². The van der Waals surface area contributed by atoms with Crippen molar-refractivity contribution in [2.24, 2.45) is 11.7 Å². The number of hydrogen-bond donors (Lipinski definition) is 3. The van der Waals surface area contributed by atoms with E-state index in [4.69, 9.17) is 10.5 Å². The van der Waals surface area contributed by atoms with Gasteiger partial charge in [0.15, 0.2) is 5.92 Å². The predicted molar refractivity (Wildman–Crippen MR) is 91.6 cm³/mol. The molecule has 1 aromatic heterocycles. The molecule has 6 heteroatoms. The van der Waals surface area contributed by atoms with Crippen LogP contribution in [-0.4, -0.2) is 33.7 Å². The van der Waals surface area contributed by atoms with Gasteiger partial charge in [-0.15, -0.1) is 0 Å². The highest BCUT2D eigenvalue weighted by atomic mass is 16.6. The van der Waals surface area contributed by atoms with E-state index in [9.17, 15) is 14.7 Å². The highest BCUT2D eigenvalue weighted by Gasteiger charge is 2.32. The number of carboxylic acids is 1. The Kier molecular flexibility index (Phi) is 5.29. The van der Waals surface area contributed by atoms with Crippen molar-refractivity contribution in [1.82, 2.24) is 4.98 Å². The van der Waals surface area contributed by atoms with Crippen LogP contribution in [-0.2, 0) is 20.7 Å². The summed E-state index contributed by atoms with van der Waals surface area (Å²) in [5, 5.41) is 10.4. The molecule has 0 aliphatic heterocycles.